The molecular formula is C36H35Cl2FeN3. The molecule has 216 valence electrons. The summed E-state index contributed by atoms with van der Waals surface area (Å²) in [5, 5.41) is 0. The van der Waals surface area contributed by atoms with Gasteiger partial charge in [-0.1, -0.05) is 104 Å². The van der Waals surface area contributed by atoms with Crippen LogP contribution in [0.1, 0.15) is 52.4 Å². The second kappa shape index (κ2) is 15.3. The van der Waals surface area contributed by atoms with Crippen molar-refractivity contribution in [3.05, 3.63) is 131 Å². The number of nitrogens with zero attached hydrogens (tertiary/aromatic N) is 3. The molecule has 0 saturated heterocycles. The predicted octanol–water partition coefficient (Wildman–Crippen LogP) is 11.0. The molecule has 1 atom stereocenters. The van der Waals surface area contributed by atoms with Crippen molar-refractivity contribution in [3.8, 4) is 22.3 Å². The van der Waals surface area contributed by atoms with Crippen molar-refractivity contribution in [1.29, 1.82) is 0 Å². The Kier molecular flexibility index (Phi) is 11.5. The van der Waals surface area contributed by atoms with E-state index >= 15 is 0 Å². The Hall–Kier alpha value is -3.27. The molecule has 3 nitrogen and oxygen atoms in total. The van der Waals surface area contributed by atoms with Crippen molar-refractivity contribution >= 4 is 37.3 Å². The van der Waals surface area contributed by atoms with E-state index < -0.39 is 0 Å². The standard InChI is InChI=1S/C36H35N3.2ClH.Fe/c1-24-22-25(2)35(26(3)23-24)37-27(4)33-20-13-21-34(39-33)28(5)38-36-31(29-14-8-6-9-15-29)18-12-19-32(36)30-16-10-7-11-17-30;;;/h6-22,26H,23H2,1-5H3;2*1H;/q;;;+2/p-2. The van der Waals surface area contributed by atoms with Gasteiger partial charge < -0.3 is 0 Å². The van der Waals surface area contributed by atoms with Crippen molar-refractivity contribution in [2.45, 2.75) is 41.0 Å². The number of aliphatic imine (C=N–C) groups is 2. The second-order valence-corrected chi connectivity index (χ2v) is 12.3. The summed E-state index contributed by atoms with van der Waals surface area (Å²) in [6.07, 6.45) is 3.30. The Labute approximate surface area is 264 Å². The Balaban J connectivity index is 0.00000129. The summed E-state index contributed by atoms with van der Waals surface area (Å²) in [7, 11) is 9.53. The number of hydrogen-bond acceptors (Lipinski definition) is 3. The van der Waals surface area contributed by atoms with Gasteiger partial charge in [0.1, 0.15) is 0 Å². The Morgan fingerprint density at radius 3 is 1.69 bits per heavy atom. The van der Waals surface area contributed by atoms with Crippen LogP contribution in [0.5, 0.6) is 0 Å². The molecule has 1 heterocycles. The maximum absolute atomic E-state index is 5.23. The van der Waals surface area contributed by atoms with Gasteiger partial charge in [-0.2, -0.15) is 0 Å². The number of aromatic nitrogens is 1. The van der Waals surface area contributed by atoms with Crippen LogP contribution < -0.4 is 0 Å². The van der Waals surface area contributed by atoms with E-state index in [-0.39, 0.29) is 13.1 Å². The fourth-order valence-electron chi connectivity index (χ4n) is 5.34. The van der Waals surface area contributed by atoms with Crippen molar-refractivity contribution in [3.63, 3.8) is 0 Å². The molecule has 6 heteroatoms. The van der Waals surface area contributed by atoms with Gasteiger partial charge in [-0.3, -0.25) is 9.98 Å². The van der Waals surface area contributed by atoms with Crippen LogP contribution in [-0.4, -0.2) is 16.4 Å². The third-order valence-corrected chi connectivity index (χ3v) is 7.23. The zero-order valence-electron chi connectivity index (χ0n) is 24.6. The predicted molar refractivity (Wildman–Crippen MR) is 178 cm³/mol. The summed E-state index contributed by atoms with van der Waals surface area (Å²) in [4.78, 5) is 15.3. The van der Waals surface area contributed by atoms with Crippen molar-refractivity contribution in [2.24, 2.45) is 15.9 Å². The van der Waals surface area contributed by atoms with Crippen LogP contribution in [0.3, 0.4) is 0 Å². The first-order valence-corrected chi connectivity index (χ1v) is 16.9. The monoisotopic (exact) mass is 635 g/mol. The van der Waals surface area contributed by atoms with E-state index in [1.165, 1.54) is 11.1 Å². The first-order chi connectivity index (χ1) is 20.3. The van der Waals surface area contributed by atoms with E-state index in [2.05, 4.69) is 101 Å². The summed E-state index contributed by atoms with van der Waals surface area (Å²) in [5.41, 5.74) is 12.7. The van der Waals surface area contributed by atoms with Gasteiger partial charge in [0.05, 0.1) is 28.5 Å². The molecule has 42 heavy (non-hydrogen) atoms. The van der Waals surface area contributed by atoms with Crippen LogP contribution in [0.15, 0.2) is 130 Å². The fourth-order valence-corrected chi connectivity index (χ4v) is 5.34. The molecule has 0 aliphatic heterocycles. The van der Waals surface area contributed by atoms with Crippen molar-refractivity contribution < 1.29 is 13.1 Å². The third kappa shape index (κ3) is 7.96. The van der Waals surface area contributed by atoms with E-state index in [9.17, 15) is 0 Å². The molecule has 0 bridgehead atoms. The number of para-hydroxylation sites is 1. The van der Waals surface area contributed by atoms with Gasteiger partial charge >= 0.3 is 33.3 Å². The molecule has 5 rings (SSSR count). The van der Waals surface area contributed by atoms with Gasteiger partial charge in [0.15, 0.2) is 0 Å². The SMILES string of the molecule is CC1=CC(C)=C(N=C(C)c2cccc(C(C)=Nc3c(-c4ccccc4)cccc3-c3ccccc3)n2)C(C)C1.[Cl][Fe][Cl]. The molecule has 0 fully saturated rings. The molecule has 4 aromatic rings. The molecule has 0 N–H and O–H groups in total. The number of rotatable bonds is 6. The van der Waals surface area contributed by atoms with E-state index in [0.717, 1.165) is 62.9 Å². The molecule has 1 aliphatic rings. The number of halogens is 2. The summed E-state index contributed by atoms with van der Waals surface area (Å²) < 4.78 is 0. The third-order valence-electron chi connectivity index (χ3n) is 7.23. The average molecular weight is 636 g/mol. The van der Waals surface area contributed by atoms with Crippen LogP contribution in [0.2, 0.25) is 0 Å². The normalized spacial score (nSPS) is 15.7. The van der Waals surface area contributed by atoms with Crippen LogP contribution in [-0.2, 0) is 13.1 Å². The Bertz CT molecular complexity index is 1580. The quantitative estimate of drug-likeness (QED) is 0.153. The zero-order valence-corrected chi connectivity index (χ0v) is 27.2. The van der Waals surface area contributed by atoms with Gasteiger partial charge in [0, 0.05) is 22.7 Å². The molecule has 0 spiro atoms. The molecule has 3 aromatic carbocycles. The van der Waals surface area contributed by atoms with Crippen LogP contribution in [0.4, 0.5) is 5.69 Å². The molecule has 1 unspecified atom stereocenters. The van der Waals surface area contributed by atoms with Gasteiger partial charge in [-0.15, -0.1) is 0 Å². The number of pyridine rings is 1. The van der Waals surface area contributed by atoms with E-state index in [0.29, 0.717) is 5.92 Å². The van der Waals surface area contributed by atoms with Gasteiger partial charge in [0.25, 0.3) is 0 Å². The molecule has 1 aliphatic carbocycles. The van der Waals surface area contributed by atoms with Gasteiger partial charge in [-0.05, 0) is 62.9 Å². The van der Waals surface area contributed by atoms with Gasteiger partial charge in [0.2, 0.25) is 0 Å². The average Bonchev–Trinajstić information content (AvgIpc) is 3.00. The molecule has 0 saturated carbocycles. The minimum absolute atomic E-state index is 0.194. The molecule has 0 amide bonds. The fraction of sp³-hybridized carbons (Fsp3) is 0.194. The number of allylic oxidation sites excluding steroid dienone is 4. The molecule has 0 radical (unpaired) electrons. The molecule has 1 aromatic heterocycles. The second-order valence-electron chi connectivity index (χ2n) is 10.5. The summed E-state index contributed by atoms with van der Waals surface area (Å²) in [6, 6.07) is 33.4. The summed E-state index contributed by atoms with van der Waals surface area (Å²) in [5.74, 6) is 0.405. The van der Waals surface area contributed by atoms with Crippen LogP contribution >= 0.6 is 20.2 Å². The summed E-state index contributed by atoms with van der Waals surface area (Å²) >= 11 is 0.194. The Morgan fingerprint density at radius 1 is 0.714 bits per heavy atom. The van der Waals surface area contributed by atoms with Crippen molar-refractivity contribution in [2.75, 3.05) is 0 Å². The Morgan fingerprint density at radius 2 is 1.19 bits per heavy atom. The maximum atomic E-state index is 5.23. The number of benzene rings is 3. The van der Waals surface area contributed by atoms with E-state index in [1.807, 2.05) is 37.3 Å². The first kappa shape index (κ1) is 31.7. The molecular weight excluding hydrogens is 601 g/mol. The zero-order chi connectivity index (χ0) is 30.1. The number of hydrogen-bond donors (Lipinski definition) is 0. The van der Waals surface area contributed by atoms with Crippen LogP contribution in [0, 0.1) is 5.92 Å². The van der Waals surface area contributed by atoms with E-state index in [4.69, 9.17) is 35.2 Å². The van der Waals surface area contributed by atoms with Crippen LogP contribution in [0.25, 0.3) is 22.3 Å². The topological polar surface area (TPSA) is 37.6 Å². The van der Waals surface area contributed by atoms with Crippen molar-refractivity contribution in [1.82, 2.24) is 4.98 Å². The van der Waals surface area contributed by atoms with E-state index in [1.54, 1.807) is 0 Å². The van der Waals surface area contributed by atoms with Gasteiger partial charge in [-0.25, -0.2) is 4.98 Å². The minimum atomic E-state index is 0.194. The first-order valence-electron chi connectivity index (χ1n) is 13.9. The summed E-state index contributed by atoms with van der Waals surface area (Å²) in [6.45, 7) is 10.7.